The fourth-order valence-corrected chi connectivity index (χ4v) is 4.74. The lowest BCUT2D eigenvalue weighted by molar-refractivity contribution is 0.0982. The van der Waals surface area contributed by atoms with Crippen molar-refractivity contribution in [3.05, 3.63) is 24.0 Å². The zero-order valence-corrected chi connectivity index (χ0v) is 17.8. The molecule has 4 rings (SSSR count). The molecule has 29 heavy (non-hydrogen) atoms. The molecule has 1 aromatic carbocycles. The summed E-state index contributed by atoms with van der Waals surface area (Å²) < 4.78 is 1.58. The van der Waals surface area contributed by atoms with E-state index in [0.717, 1.165) is 49.2 Å². The molecule has 2 fully saturated rings. The number of unbranched alkanes of at least 4 members (excludes halogenated alkanes) is 1. The summed E-state index contributed by atoms with van der Waals surface area (Å²) >= 11 is 0. The van der Waals surface area contributed by atoms with E-state index in [-0.39, 0.29) is 0 Å². The van der Waals surface area contributed by atoms with Gasteiger partial charge in [-0.1, -0.05) is 13.3 Å². The van der Waals surface area contributed by atoms with Gasteiger partial charge in [-0.05, 0) is 44.5 Å². The maximum absolute atomic E-state index is 12.0. The van der Waals surface area contributed by atoms with E-state index in [0.29, 0.717) is 6.04 Å². The highest BCUT2D eigenvalue weighted by Gasteiger charge is 2.27. The largest absolute Gasteiger partial charge is 0.371 e. The number of amides is 1. The van der Waals surface area contributed by atoms with E-state index < -0.39 is 6.03 Å². The number of imidazole rings is 1. The molecule has 1 aromatic heterocycles. The van der Waals surface area contributed by atoms with Gasteiger partial charge in [-0.2, -0.15) is 0 Å². The van der Waals surface area contributed by atoms with Gasteiger partial charge < -0.3 is 15.5 Å². The standard InChI is InChI=1S/C22H34N6O/c1-3-4-5-21-24-19-16-18(6-7-20(19)28(21)22(23)29)26-10-8-17(9-11-26)27-14-12-25(2)13-15-27/h6-7,16-17H,3-5,8-15H2,1-2H3,(H2,23,29). The molecule has 0 spiro atoms. The number of carbonyl (C=O) groups excluding carboxylic acids is 1. The first-order valence-electron chi connectivity index (χ1n) is 11.1. The lowest BCUT2D eigenvalue weighted by Gasteiger charge is -2.42. The molecule has 0 saturated carbocycles. The molecule has 7 heteroatoms. The minimum Gasteiger partial charge on any atom is -0.371 e. The summed E-state index contributed by atoms with van der Waals surface area (Å²) in [5.74, 6) is 0.778. The Labute approximate surface area is 173 Å². The molecular formula is C22H34N6O. The van der Waals surface area contributed by atoms with E-state index in [4.69, 9.17) is 10.7 Å². The SMILES string of the molecule is CCCCc1nc2cc(N3CCC(N4CCN(C)CC4)CC3)ccc2n1C(N)=O. The average molecular weight is 399 g/mol. The molecule has 2 aliphatic heterocycles. The van der Waals surface area contributed by atoms with Gasteiger partial charge >= 0.3 is 6.03 Å². The van der Waals surface area contributed by atoms with Gasteiger partial charge in [0.25, 0.3) is 0 Å². The number of piperidine rings is 1. The monoisotopic (exact) mass is 398 g/mol. The Kier molecular flexibility index (Phi) is 6.06. The predicted octanol–water partition coefficient (Wildman–Crippen LogP) is 2.52. The molecule has 0 radical (unpaired) electrons. The Morgan fingerprint density at radius 1 is 1.14 bits per heavy atom. The van der Waals surface area contributed by atoms with Crippen molar-refractivity contribution in [1.82, 2.24) is 19.4 Å². The predicted molar refractivity (Wildman–Crippen MR) is 118 cm³/mol. The van der Waals surface area contributed by atoms with Crippen molar-refractivity contribution in [1.29, 1.82) is 0 Å². The number of nitrogens with zero attached hydrogens (tertiary/aromatic N) is 5. The van der Waals surface area contributed by atoms with Crippen LogP contribution in [0.1, 0.15) is 38.4 Å². The van der Waals surface area contributed by atoms with Crippen molar-refractivity contribution < 1.29 is 4.79 Å². The summed E-state index contributed by atoms with van der Waals surface area (Å²) in [5, 5.41) is 0. The van der Waals surface area contributed by atoms with Gasteiger partial charge in [0.05, 0.1) is 11.0 Å². The molecule has 0 atom stereocenters. The summed E-state index contributed by atoms with van der Waals surface area (Å²) in [6.07, 6.45) is 5.26. The molecular weight excluding hydrogens is 364 g/mol. The maximum atomic E-state index is 12.0. The second-order valence-corrected chi connectivity index (χ2v) is 8.54. The van der Waals surface area contributed by atoms with Crippen molar-refractivity contribution in [3.8, 4) is 0 Å². The molecule has 2 aliphatic rings. The van der Waals surface area contributed by atoms with Crippen LogP contribution in [0.15, 0.2) is 18.2 Å². The summed E-state index contributed by atoms with van der Waals surface area (Å²) in [6, 6.07) is 6.51. The van der Waals surface area contributed by atoms with Crippen LogP contribution >= 0.6 is 0 Å². The van der Waals surface area contributed by atoms with Gasteiger partial charge in [-0.3, -0.25) is 4.90 Å². The summed E-state index contributed by atoms with van der Waals surface area (Å²) in [7, 11) is 2.21. The van der Waals surface area contributed by atoms with E-state index in [1.165, 1.54) is 44.7 Å². The number of piperazine rings is 1. The molecule has 158 valence electrons. The summed E-state index contributed by atoms with van der Waals surface area (Å²) in [5.41, 5.74) is 8.53. The van der Waals surface area contributed by atoms with Gasteiger partial charge in [0.1, 0.15) is 5.82 Å². The topological polar surface area (TPSA) is 70.6 Å². The van der Waals surface area contributed by atoms with Crippen LogP contribution in [-0.2, 0) is 6.42 Å². The molecule has 0 unspecified atom stereocenters. The van der Waals surface area contributed by atoms with Crippen LogP contribution in [0.25, 0.3) is 11.0 Å². The van der Waals surface area contributed by atoms with Crippen LogP contribution in [0.4, 0.5) is 10.5 Å². The van der Waals surface area contributed by atoms with Gasteiger partial charge in [-0.15, -0.1) is 0 Å². The van der Waals surface area contributed by atoms with Crippen LogP contribution in [0.2, 0.25) is 0 Å². The van der Waals surface area contributed by atoms with Crippen LogP contribution in [0.3, 0.4) is 0 Å². The molecule has 0 bridgehead atoms. The van der Waals surface area contributed by atoms with Crippen molar-refractivity contribution >= 4 is 22.8 Å². The number of aromatic nitrogens is 2. The zero-order valence-electron chi connectivity index (χ0n) is 17.8. The number of benzene rings is 1. The second-order valence-electron chi connectivity index (χ2n) is 8.54. The van der Waals surface area contributed by atoms with Crippen LogP contribution in [0, 0.1) is 0 Å². The van der Waals surface area contributed by atoms with E-state index in [1.54, 1.807) is 4.57 Å². The molecule has 2 N–H and O–H groups in total. The number of likely N-dealkylation sites (N-methyl/N-ethyl adjacent to an activating group) is 1. The maximum Gasteiger partial charge on any atom is 0.324 e. The van der Waals surface area contributed by atoms with E-state index in [2.05, 4.69) is 40.8 Å². The van der Waals surface area contributed by atoms with Gasteiger partial charge in [0.2, 0.25) is 0 Å². The lowest BCUT2D eigenvalue weighted by atomic mass is 10.0. The van der Waals surface area contributed by atoms with Crippen LogP contribution in [-0.4, -0.2) is 77.7 Å². The number of nitrogens with two attached hydrogens (primary N) is 1. The van der Waals surface area contributed by atoms with E-state index >= 15 is 0 Å². The highest BCUT2D eigenvalue weighted by atomic mass is 16.2. The van der Waals surface area contributed by atoms with Crippen molar-refractivity contribution in [3.63, 3.8) is 0 Å². The molecule has 7 nitrogen and oxygen atoms in total. The van der Waals surface area contributed by atoms with Crippen LogP contribution in [0.5, 0.6) is 0 Å². The first kappa shape index (κ1) is 20.2. The Bertz CT molecular complexity index is 846. The minimum absolute atomic E-state index is 0.445. The van der Waals surface area contributed by atoms with E-state index in [9.17, 15) is 4.79 Å². The Morgan fingerprint density at radius 3 is 2.52 bits per heavy atom. The fraction of sp³-hybridized carbons (Fsp3) is 0.636. The minimum atomic E-state index is -0.445. The first-order valence-corrected chi connectivity index (χ1v) is 11.1. The highest BCUT2D eigenvalue weighted by Crippen LogP contribution is 2.27. The smallest absolute Gasteiger partial charge is 0.324 e. The first-order chi connectivity index (χ1) is 14.1. The van der Waals surface area contributed by atoms with E-state index in [1.807, 2.05) is 6.07 Å². The number of anilines is 1. The summed E-state index contributed by atoms with van der Waals surface area (Å²) in [4.78, 5) is 24.3. The zero-order chi connectivity index (χ0) is 20.4. The molecule has 1 amide bonds. The van der Waals surface area contributed by atoms with Crippen molar-refractivity contribution in [2.75, 3.05) is 51.2 Å². The van der Waals surface area contributed by atoms with Gasteiger partial charge in [0.15, 0.2) is 0 Å². The van der Waals surface area contributed by atoms with Gasteiger partial charge in [-0.25, -0.2) is 14.3 Å². The number of rotatable bonds is 5. The number of hydrogen-bond acceptors (Lipinski definition) is 5. The van der Waals surface area contributed by atoms with Crippen LogP contribution < -0.4 is 10.6 Å². The Morgan fingerprint density at radius 2 is 1.86 bits per heavy atom. The van der Waals surface area contributed by atoms with Crippen molar-refractivity contribution in [2.45, 2.75) is 45.1 Å². The summed E-state index contributed by atoms with van der Waals surface area (Å²) in [6.45, 7) is 9.03. The number of carbonyl (C=O) groups is 1. The van der Waals surface area contributed by atoms with Gasteiger partial charge in [0, 0.05) is 57.4 Å². The Hall–Kier alpha value is -2.12. The number of hydrogen-bond donors (Lipinski definition) is 1. The second kappa shape index (κ2) is 8.71. The fourth-order valence-electron chi connectivity index (χ4n) is 4.74. The number of aryl methyl sites for hydroxylation is 1. The lowest BCUT2D eigenvalue weighted by Crippen LogP contribution is -2.52. The molecule has 2 saturated heterocycles. The normalized spacial score (nSPS) is 19.9. The quantitative estimate of drug-likeness (QED) is 0.838. The van der Waals surface area contributed by atoms with Crippen molar-refractivity contribution in [2.24, 2.45) is 5.73 Å². The Balaban J connectivity index is 1.46. The highest BCUT2D eigenvalue weighted by molar-refractivity contribution is 5.90. The molecule has 0 aliphatic carbocycles. The molecule has 3 heterocycles. The third kappa shape index (κ3) is 4.26. The third-order valence-electron chi connectivity index (χ3n) is 6.57. The number of primary amides is 1. The number of fused-ring (bicyclic) bond motifs is 1. The molecule has 2 aromatic rings. The average Bonchev–Trinajstić information content (AvgIpc) is 3.10. The third-order valence-corrected chi connectivity index (χ3v) is 6.57.